The summed E-state index contributed by atoms with van der Waals surface area (Å²) in [5.41, 5.74) is 1.87. The van der Waals surface area contributed by atoms with Crippen molar-refractivity contribution < 1.29 is 18.7 Å². The molecule has 4 atom stereocenters. The van der Waals surface area contributed by atoms with E-state index in [1.54, 1.807) is 24.5 Å². The van der Waals surface area contributed by atoms with Crippen molar-refractivity contribution >= 4 is 5.91 Å². The fourth-order valence-electron chi connectivity index (χ4n) is 3.88. The van der Waals surface area contributed by atoms with Gasteiger partial charge in [0.15, 0.2) is 0 Å². The van der Waals surface area contributed by atoms with Gasteiger partial charge in [0.05, 0.1) is 18.1 Å². The number of nitrogens with zero attached hydrogens (tertiary/aromatic N) is 1. The molecular weight excluding hydrogens is 347 g/mol. The van der Waals surface area contributed by atoms with E-state index in [0.29, 0.717) is 26.1 Å². The molecule has 1 aromatic heterocycles. The Morgan fingerprint density at radius 2 is 1.89 bits per heavy atom. The maximum atomic E-state index is 13.1. The molecule has 0 aliphatic carbocycles. The summed E-state index contributed by atoms with van der Waals surface area (Å²) in [7, 11) is 0. The number of pyridine rings is 1. The van der Waals surface area contributed by atoms with Gasteiger partial charge in [0.25, 0.3) is 0 Å². The molecule has 0 radical (unpaired) electrons. The topological polar surface area (TPSA) is 60.5 Å². The molecule has 142 valence electrons. The number of halogens is 1. The number of amides is 1. The Morgan fingerprint density at radius 1 is 1.07 bits per heavy atom. The molecular formula is C21H23FN2O3. The van der Waals surface area contributed by atoms with E-state index in [2.05, 4.69) is 10.3 Å². The molecule has 3 heterocycles. The third-order valence-corrected chi connectivity index (χ3v) is 5.31. The number of benzene rings is 1. The summed E-state index contributed by atoms with van der Waals surface area (Å²) in [6.07, 6.45) is 5.26. The molecule has 2 aromatic rings. The highest BCUT2D eigenvalue weighted by molar-refractivity contribution is 5.80. The van der Waals surface area contributed by atoms with E-state index in [0.717, 1.165) is 17.5 Å². The fourth-order valence-corrected chi connectivity index (χ4v) is 3.88. The molecule has 0 bridgehead atoms. The first-order valence-electron chi connectivity index (χ1n) is 9.39. The van der Waals surface area contributed by atoms with Gasteiger partial charge in [-0.15, -0.1) is 0 Å². The first-order valence-corrected chi connectivity index (χ1v) is 9.39. The minimum absolute atomic E-state index is 0.0195. The number of aromatic nitrogens is 1. The van der Waals surface area contributed by atoms with E-state index in [-0.39, 0.29) is 35.9 Å². The van der Waals surface area contributed by atoms with Crippen LogP contribution < -0.4 is 5.32 Å². The molecule has 2 aliphatic rings. The smallest absolute Gasteiger partial charge is 0.226 e. The van der Waals surface area contributed by atoms with Crippen LogP contribution in [0.3, 0.4) is 0 Å². The van der Waals surface area contributed by atoms with Crippen molar-refractivity contribution in [2.24, 2.45) is 5.92 Å². The van der Waals surface area contributed by atoms with Gasteiger partial charge in [-0.2, -0.15) is 0 Å². The molecule has 1 amide bonds. The third kappa shape index (κ3) is 4.17. The van der Waals surface area contributed by atoms with E-state index in [1.807, 2.05) is 12.1 Å². The highest BCUT2D eigenvalue weighted by atomic mass is 19.1. The number of rotatable bonds is 4. The second-order valence-electron chi connectivity index (χ2n) is 7.11. The van der Waals surface area contributed by atoms with E-state index in [1.165, 1.54) is 12.1 Å². The Kier molecular flexibility index (Phi) is 5.45. The van der Waals surface area contributed by atoms with Crippen LogP contribution in [-0.2, 0) is 14.3 Å². The number of nitrogens with one attached hydrogen (secondary N) is 1. The van der Waals surface area contributed by atoms with Crippen LogP contribution in [0.15, 0.2) is 48.8 Å². The van der Waals surface area contributed by atoms with E-state index >= 15 is 0 Å². The minimum Gasteiger partial charge on any atom is -0.373 e. The highest BCUT2D eigenvalue weighted by Gasteiger charge is 2.37. The Hall–Kier alpha value is -2.31. The number of hydrogen-bond donors (Lipinski definition) is 1. The van der Waals surface area contributed by atoms with Crippen molar-refractivity contribution in [1.29, 1.82) is 0 Å². The summed E-state index contributed by atoms with van der Waals surface area (Å²) < 4.78 is 24.8. The molecule has 6 heteroatoms. The summed E-state index contributed by atoms with van der Waals surface area (Å²) in [4.78, 5) is 17.0. The maximum absolute atomic E-state index is 13.1. The van der Waals surface area contributed by atoms with Crippen LogP contribution >= 0.6 is 0 Å². The lowest BCUT2D eigenvalue weighted by Gasteiger charge is -2.31. The lowest BCUT2D eigenvalue weighted by molar-refractivity contribution is -0.128. The molecule has 1 aromatic carbocycles. The Labute approximate surface area is 157 Å². The van der Waals surface area contributed by atoms with Gasteiger partial charge in [0, 0.05) is 31.6 Å². The van der Waals surface area contributed by atoms with Crippen molar-refractivity contribution in [2.75, 3.05) is 13.2 Å². The van der Waals surface area contributed by atoms with E-state index in [4.69, 9.17) is 9.47 Å². The number of carbonyl (C=O) groups excluding carboxylic acids is 1. The average Bonchev–Trinajstić information content (AvgIpc) is 3.19. The quantitative estimate of drug-likeness (QED) is 0.897. The minimum atomic E-state index is -0.262. The van der Waals surface area contributed by atoms with Gasteiger partial charge in [-0.1, -0.05) is 18.2 Å². The van der Waals surface area contributed by atoms with Crippen LogP contribution in [0.4, 0.5) is 4.39 Å². The average molecular weight is 370 g/mol. The number of hydrogen-bond acceptors (Lipinski definition) is 4. The summed E-state index contributed by atoms with van der Waals surface area (Å²) in [5, 5.41) is 3.18. The van der Waals surface area contributed by atoms with Gasteiger partial charge in [0.1, 0.15) is 5.82 Å². The van der Waals surface area contributed by atoms with Gasteiger partial charge in [-0.25, -0.2) is 4.39 Å². The molecule has 2 aliphatic heterocycles. The third-order valence-electron chi connectivity index (χ3n) is 5.31. The summed E-state index contributed by atoms with van der Waals surface area (Å²) in [6.45, 7) is 1.14. The standard InChI is InChI=1S/C21H23FN2O3/c22-16-5-3-14(4-6-16)19-12-17(7-10-26-19)24-21(25)18-8-11-27-20(18)15-2-1-9-23-13-15/h1-6,9,13,17-20H,7-8,10-12H2,(H,24,25)/t17?,18-,19?,20+/m0/s1. The zero-order chi connectivity index (χ0) is 18.6. The van der Waals surface area contributed by atoms with Crippen LogP contribution in [0, 0.1) is 11.7 Å². The first-order chi connectivity index (χ1) is 13.2. The molecule has 2 saturated heterocycles. The van der Waals surface area contributed by atoms with Crippen LogP contribution in [-0.4, -0.2) is 30.1 Å². The molecule has 27 heavy (non-hydrogen) atoms. The van der Waals surface area contributed by atoms with Crippen LogP contribution in [0.2, 0.25) is 0 Å². The Bertz CT molecular complexity index is 769. The molecule has 0 saturated carbocycles. The van der Waals surface area contributed by atoms with Crippen molar-refractivity contribution in [3.63, 3.8) is 0 Å². The monoisotopic (exact) mass is 370 g/mol. The normalized spacial score (nSPS) is 28.0. The zero-order valence-corrected chi connectivity index (χ0v) is 15.0. The molecule has 5 nitrogen and oxygen atoms in total. The molecule has 2 fully saturated rings. The maximum Gasteiger partial charge on any atom is 0.226 e. The van der Waals surface area contributed by atoms with Crippen LogP contribution in [0.25, 0.3) is 0 Å². The van der Waals surface area contributed by atoms with Gasteiger partial charge >= 0.3 is 0 Å². The van der Waals surface area contributed by atoms with E-state index in [9.17, 15) is 9.18 Å². The lowest BCUT2D eigenvalue weighted by atomic mass is 9.93. The molecule has 0 spiro atoms. The Balaban J connectivity index is 1.39. The first kappa shape index (κ1) is 18.1. The largest absolute Gasteiger partial charge is 0.373 e. The second-order valence-corrected chi connectivity index (χ2v) is 7.11. The molecule has 4 rings (SSSR count). The molecule has 2 unspecified atom stereocenters. The number of ether oxygens (including phenoxy) is 2. The van der Waals surface area contributed by atoms with Crippen molar-refractivity contribution in [2.45, 2.75) is 37.5 Å². The van der Waals surface area contributed by atoms with Crippen molar-refractivity contribution in [3.8, 4) is 0 Å². The highest BCUT2D eigenvalue weighted by Crippen LogP contribution is 2.35. The summed E-state index contributed by atoms with van der Waals surface area (Å²) in [6, 6.07) is 10.2. The predicted molar refractivity (Wildman–Crippen MR) is 97.3 cm³/mol. The zero-order valence-electron chi connectivity index (χ0n) is 15.0. The van der Waals surface area contributed by atoms with Crippen LogP contribution in [0.5, 0.6) is 0 Å². The van der Waals surface area contributed by atoms with Crippen molar-refractivity contribution in [3.05, 3.63) is 65.7 Å². The van der Waals surface area contributed by atoms with Crippen molar-refractivity contribution in [1.82, 2.24) is 10.3 Å². The second kappa shape index (κ2) is 8.15. The summed E-state index contributed by atoms with van der Waals surface area (Å²) >= 11 is 0. The van der Waals surface area contributed by atoms with Crippen LogP contribution in [0.1, 0.15) is 42.6 Å². The van der Waals surface area contributed by atoms with Gasteiger partial charge in [-0.05, 0) is 48.6 Å². The van der Waals surface area contributed by atoms with Gasteiger partial charge in [-0.3, -0.25) is 9.78 Å². The number of carbonyl (C=O) groups is 1. The van der Waals surface area contributed by atoms with Gasteiger partial charge in [0.2, 0.25) is 5.91 Å². The lowest BCUT2D eigenvalue weighted by Crippen LogP contribution is -2.43. The molecule has 1 N–H and O–H groups in total. The van der Waals surface area contributed by atoms with E-state index < -0.39 is 0 Å². The summed E-state index contributed by atoms with van der Waals surface area (Å²) in [5.74, 6) is -0.450. The van der Waals surface area contributed by atoms with Gasteiger partial charge < -0.3 is 14.8 Å². The predicted octanol–water partition coefficient (Wildman–Crippen LogP) is 3.33. The SMILES string of the molecule is O=C(NC1CCOC(c2ccc(F)cc2)C1)[C@H]1CCO[C@@H]1c1cccnc1. The fraction of sp³-hybridized carbons (Fsp3) is 0.429. The Morgan fingerprint density at radius 3 is 2.67 bits per heavy atom.